The number of likely N-dealkylation sites (N-methyl/N-ethyl adjacent to an activating group) is 1. The van der Waals surface area contributed by atoms with Crippen LogP contribution in [0, 0.1) is 0 Å². The van der Waals surface area contributed by atoms with Gasteiger partial charge in [0.2, 0.25) is 0 Å². The van der Waals surface area contributed by atoms with Gasteiger partial charge in [-0.1, -0.05) is 61.8 Å². The van der Waals surface area contributed by atoms with E-state index in [1.54, 1.807) is 13.8 Å². The minimum atomic E-state index is -0.579. The summed E-state index contributed by atoms with van der Waals surface area (Å²) in [5.41, 5.74) is 0.707. The van der Waals surface area contributed by atoms with Crippen LogP contribution in [0.3, 0.4) is 0 Å². The zero-order chi connectivity index (χ0) is 59.4. The van der Waals surface area contributed by atoms with E-state index in [9.17, 15) is 9.90 Å². The highest BCUT2D eigenvalue weighted by Gasteiger charge is 2.17. The van der Waals surface area contributed by atoms with Crippen LogP contribution in [0.5, 0.6) is 0 Å². The van der Waals surface area contributed by atoms with Gasteiger partial charge in [0, 0.05) is 119 Å². The van der Waals surface area contributed by atoms with Gasteiger partial charge in [0.05, 0.1) is 32.5 Å². The molecular weight excluding hydrogens is 963 g/mol. The van der Waals surface area contributed by atoms with Crippen molar-refractivity contribution in [2.24, 2.45) is 0 Å². The standard InChI is InChI=1S/C9H14N2.C8H18N2.C8H17N.C7H15NO.C7H17NO.C7H15N.C6H13NO2.C6H13N.C4H11N/c1-8(2)11-7-9-3-5-10-6-4-9;1-8(2)10-6-4-9(3)5-7-10;1-8(2)9-6-4-3-5-7-9;1-7(2)8-3-5-9-6-4-8;1-6(2)8-5-7(3,4)9;1-7(2)8-5-3-4-6-8;1-5(2)7-4-6(8)9-3;1-6(2)7-4-3-5-7;1-4(2)5-3/h3-6,8,11H,7H2,1-2H3;8H,4-7H2,1-3H3;8H,3-7H2,1-2H3;7H,3-6H2,1-2H3;6,8-9H,5H2,1-4H3;7H,3-6H2,1-2H3;5,7H,4H2,1-3H3;6H,3-5H2,1-2H3;4-5H,1-3H3. The van der Waals surface area contributed by atoms with Crippen LogP contribution in [0.15, 0.2) is 24.5 Å². The van der Waals surface area contributed by atoms with Crippen LogP contribution >= 0.6 is 0 Å². The summed E-state index contributed by atoms with van der Waals surface area (Å²) in [5, 5.41) is 21.6. The highest BCUT2D eigenvalue weighted by molar-refractivity contribution is 5.71. The average Bonchev–Trinajstić information content (AvgIpc) is 3.92. The number of nitrogens with zero attached hydrogens (tertiary/aromatic N) is 7. The Kier molecular flexibility index (Phi) is 51.4. The Morgan fingerprint density at radius 1 is 0.545 bits per heavy atom. The molecule has 5 aliphatic heterocycles. The number of carbonyl (C=O) groups excluding carboxylic acids is 1. The van der Waals surface area contributed by atoms with E-state index >= 15 is 0 Å². The third kappa shape index (κ3) is 53.2. The molecule has 1 aromatic rings. The Morgan fingerprint density at radius 3 is 1.17 bits per heavy atom. The molecule has 5 saturated heterocycles. The van der Waals surface area contributed by atoms with Crippen molar-refractivity contribution in [1.82, 2.24) is 55.7 Å². The monoisotopic (exact) mass is 1100 g/mol. The van der Waals surface area contributed by atoms with Crippen molar-refractivity contribution in [3.63, 3.8) is 0 Å². The molecule has 5 fully saturated rings. The summed E-state index contributed by atoms with van der Waals surface area (Å²) in [4.78, 5) is 29.3. The van der Waals surface area contributed by atoms with Crippen molar-refractivity contribution >= 4 is 5.97 Å². The summed E-state index contributed by atoms with van der Waals surface area (Å²) >= 11 is 0. The fraction of sp³-hybridized carbons (Fsp3) is 0.903. The van der Waals surface area contributed by atoms with Gasteiger partial charge in [-0.15, -0.1) is 0 Å². The first kappa shape index (κ1) is 79.4. The maximum Gasteiger partial charge on any atom is 0.319 e. The number of piperidine rings is 1. The van der Waals surface area contributed by atoms with Gasteiger partial charge in [-0.25, -0.2) is 0 Å². The molecule has 5 N–H and O–H groups in total. The number of methoxy groups -OCH3 is 1. The molecule has 0 bridgehead atoms. The summed E-state index contributed by atoms with van der Waals surface area (Å²) in [6.07, 6.45) is 12.2. The summed E-state index contributed by atoms with van der Waals surface area (Å²) in [6.45, 7) is 61.6. The number of hydrogen-bond acceptors (Lipinski definition) is 15. The van der Waals surface area contributed by atoms with Gasteiger partial charge in [0.15, 0.2) is 0 Å². The Labute approximate surface area is 478 Å². The lowest BCUT2D eigenvalue weighted by molar-refractivity contribution is -0.139. The van der Waals surface area contributed by atoms with E-state index in [0.717, 1.165) is 57.0 Å². The molecule has 6 rings (SSSR count). The molecule has 0 amide bonds. The Bertz CT molecular complexity index is 1360. The lowest BCUT2D eigenvalue weighted by atomic mass is 10.1. The van der Waals surface area contributed by atoms with E-state index < -0.39 is 5.60 Å². The van der Waals surface area contributed by atoms with Gasteiger partial charge in [-0.3, -0.25) is 19.6 Å². The number of morpholine rings is 1. The Morgan fingerprint density at radius 2 is 0.896 bits per heavy atom. The van der Waals surface area contributed by atoms with Crippen LogP contribution in [-0.4, -0.2) is 231 Å². The normalized spacial score (nSPS) is 17.7. The van der Waals surface area contributed by atoms with Crippen LogP contribution in [-0.2, 0) is 20.8 Å². The van der Waals surface area contributed by atoms with Gasteiger partial charge in [-0.2, -0.15) is 0 Å². The summed E-state index contributed by atoms with van der Waals surface area (Å²) in [6, 6.07) is 9.77. The zero-order valence-electron chi connectivity index (χ0n) is 55.1. The molecule has 77 heavy (non-hydrogen) atoms. The van der Waals surface area contributed by atoms with Crippen LogP contribution in [0.2, 0.25) is 0 Å². The van der Waals surface area contributed by atoms with Crippen LogP contribution < -0.4 is 21.3 Å². The number of ether oxygens (including phenoxy) is 2. The lowest BCUT2D eigenvalue weighted by Gasteiger charge is -2.34. The SMILES string of the molecule is CC(C)N1CCC1.CC(C)N1CCCC1.CC(C)N1CCCCC1.CC(C)N1CCN(C)CC1.CC(C)N1CCOCC1.CC(C)NCC(C)(C)O.CC(C)NCc1ccncc1.CNC(C)C.COC(=O)CNC(C)C. The molecule has 460 valence electrons. The van der Waals surface area contributed by atoms with Crippen molar-refractivity contribution < 1.29 is 19.4 Å². The van der Waals surface area contributed by atoms with Gasteiger partial charge < -0.3 is 55.4 Å². The summed E-state index contributed by atoms with van der Waals surface area (Å²) in [5.74, 6) is -0.219. The molecule has 0 atom stereocenters. The van der Waals surface area contributed by atoms with E-state index in [2.05, 4.69) is 178 Å². The molecule has 5 aliphatic rings. The fourth-order valence-corrected chi connectivity index (χ4v) is 7.62. The number of likely N-dealkylation sites (tertiary alicyclic amines) is 3. The molecule has 6 heterocycles. The molecular formula is C62H133N11O4. The molecule has 0 aliphatic carbocycles. The lowest BCUT2D eigenvalue weighted by Crippen LogP contribution is -2.47. The van der Waals surface area contributed by atoms with Gasteiger partial charge in [0.1, 0.15) is 0 Å². The summed E-state index contributed by atoms with van der Waals surface area (Å²) < 4.78 is 9.61. The van der Waals surface area contributed by atoms with E-state index in [1.165, 1.54) is 117 Å². The highest BCUT2D eigenvalue weighted by atomic mass is 16.5. The quantitative estimate of drug-likeness (QED) is 0.107. The molecule has 15 nitrogen and oxygen atoms in total. The van der Waals surface area contributed by atoms with Crippen LogP contribution in [0.25, 0.3) is 0 Å². The molecule has 15 heteroatoms. The van der Waals surface area contributed by atoms with E-state index in [0.29, 0.717) is 43.3 Å². The molecule has 0 unspecified atom stereocenters. The molecule has 0 spiro atoms. The largest absolute Gasteiger partial charge is 0.468 e. The highest BCUT2D eigenvalue weighted by Crippen LogP contribution is 2.12. The number of esters is 1. The maximum absolute atomic E-state index is 10.4. The fourth-order valence-electron chi connectivity index (χ4n) is 7.62. The van der Waals surface area contributed by atoms with Gasteiger partial charge in [0.25, 0.3) is 0 Å². The van der Waals surface area contributed by atoms with E-state index in [-0.39, 0.29) is 5.97 Å². The predicted octanol–water partition coefficient (Wildman–Crippen LogP) is 8.95. The number of aromatic nitrogens is 1. The minimum Gasteiger partial charge on any atom is -0.468 e. The van der Waals surface area contributed by atoms with Crippen molar-refractivity contribution in [2.75, 3.05) is 126 Å². The first-order chi connectivity index (χ1) is 36.1. The Balaban J connectivity index is -0.000000805. The molecule has 0 saturated carbocycles. The molecule has 0 radical (unpaired) electrons. The van der Waals surface area contributed by atoms with Crippen molar-refractivity contribution in [3.8, 4) is 0 Å². The first-order valence-corrected chi connectivity index (χ1v) is 30.6. The van der Waals surface area contributed by atoms with Gasteiger partial charge in [-0.05, 0) is 186 Å². The molecule has 0 aromatic carbocycles. The number of nitrogens with one attached hydrogen (secondary N) is 4. The van der Waals surface area contributed by atoms with E-state index in [4.69, 9.17) is 4.74 Å². The first-order valence-electron chi connectivity index (χ1n) is 30.6. The van der Waals surface area contributed by atoms with Gasteiger partial charge >= 0.3 is 5.97 Å². The topological polar surface area (TPSA) is 136 Å². The number of pyridine rings is 1. The second-order valence-corrected chi connectivity index (χ2v) is 24.5. The third-order valence-corrected chi connectivity index (χ3v) is 13.5. The molecule has 1 aromatic heterocycles. The number of rotatable bonds is 15. The smallest absolute Gasteiger partial charge is 0.319 e. The van der Waals surface area contributed by atoms with Crippen LogP contribution in [0.1, 0.15) is 183 Å². The number of carbonyl (C=O) groups is 1. The maximum atomic E-state index is 10.4. The van der Waals surface area contributed by atoms with Crippen LogP contribution in [0.4, 0.5) is 0 Å². The average molecular weight is 1100 g/mol. The minimum absolute atomic E-state index is 0.219. The van der Waals surface area contributed by atoms with Crippen molar-refractivity contribution in [1.29, 1.82) is 0 Å². The number of hydrogen-bond donors (Lipinski definition) is 5. The summed E-state index contributed by atoms with van der Waals surface area (Å²) in [7, 11) is 5.52. The van der Waals surface area contributed by atoms with Crippen molar-refractivity contribution in [2.45, 2.75) is 244 Å². The zero-order valence-corrected chi connectivity index (χ0v) is 55.1. The van der Waals surface area contributed by atoms with Crippen molar-refractivity contribution in [3.05, 3.63) is 30.1 Å². The number of aliphatic hydroxyl groups is 1. The number of piperazine rings is 1. The predicted molar refractivity (Wildman–Crippen MR) is 335 cm³/mol. The second-order valence-electron chi connectivity index (χ2n) is 24.5. The van der Waals surface area contributed by atoms with E-state index in [1.807, 2.05) is 45.4 Å². The third-order valence-electron chi connectivity index (χ3n) is 13.5. The Hall–Kier alpha value is -1.86. The second kappa shape index (κ2) is 49.9.